The molecule has 1 fully saturated rings. The Morgan fingerprint density at radius 3 is 2.74 bits per heavy atom. The van der Waals surface area contributed by atoms with Gasteiger partial charge in [0.15, 0.2) is 0 Å². The molecule has 0 radical (unpaired) electrons. The topological polar surface area (TPSA) is 90.7 Å². The van der Waals surface area contributed by atoms with Crippen LogP contribution in [0.4, 0.5) is 0 Å². The lowest BCUT2D eigenvalue weighted by molar-refractivity contribution is -0.128. The third-order valence-electron chi connectivity index (χ3n) is 6.93. The quantitative estimate of drug-likeness (QED) is 0.275. The first-order chi connectivity index (χ1) is 18.4. The highest BCUT2D eigenvalue weighted by Crippen LogP contribution is 2.31. The third kappa shape index (κ3) is 6.01. The van der Waals surface area contributed by atoms with E-state index in [2.05, 4.69) is 31.2 Å². The molecule has 0 unspecified atom stereocenters. The second-order valence-electron chi connectivity index (χ2n) is 9.79. The number of fused-ring (bicyclic) bond motifs is 1. The summed E-state index contributed by atoms with van der Waals surface area (Å²) >= 11 is 1.67. The van der Waals surface area contributed by atoms with Gasteiger partial charge in [-0.05, 0) is 66.8 Å². The Bertz CT molecular complexity index is 1490. The fraction of sp³-hybridized carbons (Fsp3) is 0.258. The van der Waals surface area contributed by atoms with Crippen LogP contribution < -0.4 is 0 Å². The summed E-state index contributed by atoms with van der Waals surface area (Å²) < 4.78 is 1.16. The molecule has 0 spiro atoms. The number of hydrogen-bond acceptors (Lipinski definition) is 5. The number of aryl methyl sites for hydroxylation is 1. The van der Waals surface area contributed by atoms with Crippen LogP contribution in [-0.4, -0.2) is 50.7 Å². The van der Waals surface area contributed by atoms with Gasteiger partial charge in [0.1, 0.15) is 5.01 Å². The molecule has 194 valence electrons. The zero-order valence-electron chi connectivity index (χ0n) is 21.2. The molecule has 1 aliphatic rings. The minimum absolute atomic E-state index is 0.0482. The maximum Gasteiger partial charge on any atom is 0.335 e. The van der Waals surface area contributed by atoms with E-state index < -0.39 is 12.1 Å². The molecule has 38 heavy (non-hydrogen) atoms. The van der Waals surface area contributed by atoms with Crippen LogP contribution >= 0.6 is 11.3 Å². The summed E-state index contributed by atoms with van der Waals surface area (Å²) in [6.07, 6.45) is 5.43. The van der Waals surface area contributed by atoms with Crippen LogP contribution in [0.25, 0.3) is 20.8 Å². The van der Waals surface area contributed by atoms with Gasteiger partial charge < -0.3 is 15.1 Å². The van der Waals surface area contributed by atoms with Crippen LogP contribution in [0.2, 0.25) is 0 Å². The SMILES string of the molecule is Cc1ccc2sc(-c3cccc(C[C@H](O)/C=C/[C@H]4CCC(=O)N4CCc4ccc(C(=O)O)cc4)c3)nc2c1. The molecule has 2 atom stereocenters. The van der Waals surface area contributed by atoms with Crippen molar-refractivity contribution in [2.45, 2.75) is 44.8 Å². The van der Waals surface area contributed by atoms with E-state index in [0.717, 1.165) is 38.3 Å². The van der Waals surface area contributed by atoms with E-state index in [0.29, 0.717) is 25.8 Å². The molecule has 1 aliphatic heterocycles. The number of aromatic carboxylic acids is 1. The number of likely N-dealkylation sites (tertiary alicyclic amines) is 1. The van der Waals surface area contributed by atoms with Gasteiger partial charge in [0, 0.05) is 24.9 Å². The van der Waals surface area contributed by atoms with Crippen molar-refractivity contribution in [2.24, 2.45) is 0 Å². The van der Waals surface area contributed by atoms with E-state index in [4.69, 9.17) is 10.1 Å². The Hall–Kier alpha value is -3.81. The van der Waals surface area contributed by atoms with E-state index in [1.54, 1.807) is 41.7 Å². The Morgan fingerprint density at radius 1 is 1.13 bits per heavy atom. The zero-order chi connectivity index (χ0) is 26.6. The van der Waals surface area contributed by atoms with Crippen molar-refractivity contribution in [3.63, 3.8) is 0 Å². The van der Waals surface area contributed by atoms with Crippen molar-refractivity contribution in [3.8, 4) is 10.6 Å². The van der Waals surface area contributed by atoms with Crippen LogP contribution in [-0.2, 0) is 17.6 Å². The van der Waals surface area contributed by atoms with Crippen LogP contribution in [0.1, 0.15) is 39.9 Å². The third-order valence-corrected chi connectivity index (χ3v) is 8.02. The number of aliphatic hydroxyl groups excluding tert-OH is 1. The van der Waals surface area contributed by atoms with Gasteiger partial charge >= 0.3 is 5.97 Å². The number of amides is 1. The molecule has 5 rings (SSSR count). The van der Waals surface area contributed by atoms with E-state index in [9.17, 15) is 14.7 Å². The van der Waals surface area contributed by atoms with E-state index in [-0.39, 0.29) is 17.5 Å². The molecule has 4 aromatic rings. The predicted molar refractivity (Wildman–Crippen MR) is 150 cm³/mol. The van der Waals surface area contributed by atoms with Crippen molar-refractivity contribution < 1.29 is 19.8 Å². The number of rotatable bonds is 9. The standard InChI is InChI=1S/C31H30N2O4S/c1-20-5-13-28-27(17-20)32-30(38-28)24-4-2-3-22(18-24)19-26(34)12-10-25-11-14-29(35)33(25)16-15-21-6-8-23(9-7-21)31(36)37/h2-10,12-13,17-18,25-26,34H,11,14-16,19H2,1H3,(H,36,37)/b12-10+/t25-,26+/m0/s1. The van der Waals surface area contributed by atoms with Gasteiger partial charge in [-0.3, -0.25) is 4.79 Å². The molecule has 1 amide bonds. The monoisotopic (exact) mass is 526 g/mol. The highest BCUT2D eigenvalue weighted by atomic mass is 32.1. The molecule has 0 bridgehead atoms. The lowest BCUT2D eigenvalue weighted by atomic mass is 10.0. The minimum Gasteiger partial charge on any atom is -0.478 e. The molecule has 7 heteroatoms. The molecule has 0 saturated carbocycles. The summed E-state index contributed by atoms with van der Waals surface area (Å²) in [5.41, 5.74) is 5.50. The summed E-state index contributed by atoms with van der Waals surface area (Å²) in [7, 11) is 0. The van der Waals surface area contributed by atoms with Gasteiger partial charge in [0.05, 0.1) is 27.9 Å². The molecular formula is C31H30N2O4S. The summed E-state index contributed by atoms with van der Waals surface area (Å²) in [5.74, 6) is -0.844. The Balaban J connectivity index is 1.20. The van der Waals surface area contributed by atoms with Crippen LogP contribution in [0.3, 0.4) is 0 Å². The number of carbonyl (C=O) groups excluding carboxylic acids is 1. The summed E-state index contributed by atoms with van der Waals surface area (Å²) in [4.78, 5) is 30.2. The smallest absolute Gasteiger partial charge is 0.335 e. The first-order valence-corrected chi connectivity index (χ1v) is 13.6. The highest BCUT2D eigenvalue weighted by molar-refractivity contribution is 7.21. The van der Waals surface area contributed by atoms with Crippen LogP contribution in [0.15, 0.2) is 78.9 Å². The first-order valence-electron chi connectivity index (χ1n) is 12.8. The number of thiazole rings is 1. The highest BCUT2D eigenvalue weighted by Gasteiger charge is 2.28. The van der Waals surface area contributed by atoms with Crippen LogP contribution in [0.5, 0.6) is 0 Å². The fourth-order valence-corrected chi connectivity index (χ4v) is 5.81. The minimum atomic E-state index is -0.950. The van der Waals surface area contributed by atoms with E-state index >= 15 is 0 Å². The number of aromatic nitrogens is 1. The summed E-state index contributed by atoms with van der Waals surface area (Å²) in [6, 6.07) is 21.2. The van der Waals surface area contributed by atoms with Gasteiger partial charge in [0.2, 0.25) is 5.91 Å². The number of hydrogen-bond donors (Lipinski definition) is 2. The van der Waals surface area contributed by atoms with Gasteiger partial charge in [-0.25, -0.2) is 9.78 Å². The lowest BCUT2D eigenvalue weighted by Gasteiger charge is -2.23. The van der Waals surface area contributed by atoms with Gasteiger partial charge in [-0.2, -0.15) is 0 Å². The zero-order valence-corrected chi connectivity index (χ0v) is 22.0. The molecule has 1 saturated heterocycles. The Kier molecular flexibility index (Phi) is 7.67. The lowest BCUT2D eigenvalue weighted by Crippen LogP contribution is -2.33. The number of benzene rings is 3. The predicted octanol–water partition coefficient (Wildman–Crippen LogP) is 5.66. The molecule has 0 aliphatic carbocycles. The maximum atomic E-state index is 12.5. The number of aliphatic hydroxyl groups is 1. The molecule has 6 nitrogen and oxygen atoms in total. The largest absolute Gasteiger partial charge is 0.478 e. The maximum absolute atomic E-state index is 12.5. The van der Waals surface area contributed by atoms with Crippen molar-refractivity contribution in [2.75, 3.05) is 6.54 Å². The number of carboxylic acid groups (broad SMARTS) is 1. The van der Waals surface area contributed by atoms with Crippen molar-refractivity contribution >= 4 is 33.4 Å². The Morgan fingerprint density at radius 2 is 1.95 bits per heavy atom. The van der Waals surface area contributed by atoms with Gasteiger partial charge in [0.25, 0.3) is 0 Å². The van der Waals surface area contributed by atoms with Crippen molar-refractivity contribution in [1.82, 2.24) is 9.88 Å². The van der Waals surface area contributed by atoms with Crippen LogP contribution in [0, 0.1) is 6.92 Å². The summed E-state index contributed by atoms with van der Waals surface area (Å²) in [6.45, 7) is 2.62. The first kappa shape index (κ1) is 25.8. The number of carbonyl (C=O) groups is 2. The normalized spacial score (nSPS) is 16.5. The summed E-state index contributed by atoms with van der Waals surface area (Å²) in [5, 5.41) is 20.8. The fourth-order valence-electron chi connectivity index (χ4n) is 4.87. The number of nitrogens with zero attached hydrogens (tertiary/aromatic N) is 2. The average molecular weight is 527 g/mol. The second kappa shape index (κ2) is 11.3. The van der Waals surface area contributed by atoms with E-state index in [1.165, 1.54) is 5.56 Å². The van der Waals surface area contributed by atoms with Gasteiger partial charge in [-0.15, -0.1) is 11.3 Å². The van der Waals surface area contributed by atoms with Gasteiger partial charge in [-0.1, -0.05) is 48.6 Å². The molecule has 3 aromatic carbocycles. The molecule has 2 heterocycles. The average Bonchev–Trinajstić information content (AvgIpc) is 3.49. The Labute approximate surface area is 225 Å². The van der Waals surface area contributed by atoms with Crippen molar-refractivity contribution in [3.05, 3.63) is 101 Å². The molecule has 2 N–H and O–H groups in total. The molecule has 1 aromatic heterocycles. The van der Waals surface area contributed by atoms with Crippen molar-refractivity contribution in [1.29, 1.82) is 0 Å². The van der Waals surface area contributed by atoms with E-state index in [1.807, 2.05) is 29.2 Å². The number of carboxylic acids is 1. The molecular weight excluding hydrogens is 496 g/mol. The second-order valence-corrected chi connectivity index (χ2v) is 10.8.